The number of carboxylic acid groups (broad SMARTS) is 1. The van der Waals surface area contributed by atoms with E-state index in [-0.39, 0.29) is 51.5 Å². The first-order valence-electron chi connectivity index (χ1n) is 7.23. The molecule has 0 radical (unpaired) electrons. The van der Waals surface area contributed by atoms with Crippen LogP contribution in [0.2, 0.25) is 0 Å². The number of piperazine rings is 1. The molecule has 2 amide bonds. The number of carbonyl (C=O) groups excluding carboxylic acids is 1. The number of hydrogen-bond acceptors (Lipinski definition) is 6. The molecule has 1 atom stereocenters. The van der Waals surface area contributed by atoms with Crippen LogP contribution in [-0.2, 0) is 18.4 Å². The summed E-state index contributed by atoms with van der Waals surface area (Å²) in [7, 11) is -3.39. The first kappa shape index (κ1) is 18.9. The monoisotopic (exact) mass is 337 g/mol. The molecule has 22 heavy (non-hydrogen) atoms. The second kappa shape index (κ2) is 8.47. The third-order valence-corrected chi connectivity index (χ3v) is 5.39. The smallest absolute Gasteiger partial charge is 0.407 e. The van der Waals surface area contributed by atoms with E-state index in [1.54, 1.807) is 13.8 Å². The summed E-state index contributed by atoms with van der Waals surface area (Å²) < 4.78 is 22.6. The molecule has 0 bridgehead atoms. The fraction of sp³-hybridized carbons (Fsp3) is 0.833. The van der Waals surface area contributed by atoms with Crippen molar-refractivity contribution in [2.45, 2.75) is 19.9 Å². The van der Waals surface area contributed by atoms with E-state index in [9.17, 15) is 14.2 Å². The van der Waals surface area contributed by atoms with Gasteiger partial charge < -0.3 is 29.7 Å². The maximum Gasteiger partial charge on any atom is 0.407 e. The van der Waals surface area contributed by atoms with E-state index in [2.05, 4.69) is 0 Å². The Labute approximate surface area is 129 Å². The van der Waals surface area contributed by atoms with Crippen LogP contribution >= 0.6 is 7.60 Å². The Bertz CT molecular complexity index is 429. The van der Waals surface area contributed by atoms with E-state index in [1.165, 1.54) is 9.80 Å². The average Bonchev–Trinajstić information content (AvgIpc) is 2.46. The number of nitrogens with two attached hydrogens (primary N) is 1. The Kier molecular flexibility index (Phi) is 7.28. The van der Waals surface area contributed by atoms with Crippen molar-refractivity contribution in [2.24, 2.45) is 5.73 Å². The average molecular weight is 337 g/mol. The molecule has 0 aromatic carbocycles. The second-order valence-corrected chi connectivity index (χ2v) is 6.93. The molecule has 1 fully saturated rings. The normalized spacial score (nSPS) is 17.4. The third-order valence-electron chi connectivity index (χ3n) is 3.25. The van der Waals surface area contributed by atoms with Gasteiger partial charge in [0.25, 0.3) is 0 Å². The predicted octanol–water partition coefficient (Wildman–Crippen LogP) is 0.402. The minimum atomic E-state index is -3.39. The molecular weight excluding hydrogens is 313 g/mol. The fourth-order valence-corrected chi connectivity index (χ4v) is 3.92. The lowest BCUT2D eigenvalue weighted by molar-refractivity contribution is -0.133. The van der Waals surface area contributed by atoms with Crippen molar-refractivity contribution < 1.29 is 28.3 Å². The van der Waals surface area contributed by atoms with E-state index < -0.39 is 19.7 Å². The topological polar surface area (TPSA) is 122 Å². The van der Waals surface area contributed by atoms with Crippen LogP contribution in [0, 0.1) is 0 Å². The van der Waals surface area contributed by atoms with Gasteiger partial charge >= 0.3 is 13.7 Å². The van der Waals surface area contributed by atoms with Gasteiger partial charge in [-0.05, 0) is 13.8 Å². The molecule has 128 valence electrons. The number of hydrogen-bond donors (Lipinski definition) is 2. The fourth-order valence-electron chi connectivity index (χ4n) is 2.21. The SMILES string of the molecule is CCOP(=O)(C[C@@H](N)C(=O)N1CCN(C(=O)O)CC1)OCC. The summed E-state index contributed by atoms with van der Waals surface area (Å²) in [6.07, 6.45) is -1.19. The molecule has 1 rings (SSSR count). The van der Waals surface area contributed by atoms with E-state index in [0.717, 1.165) is 0 Å². The lowest BCUT2D eigenvalue weighted by Crippen LogP contribution is -2.54. The molecule has 0 aromatic heterocycles. The summed E-state index contributed by atoms with van der Waals surface area (Å²) in [6.45, 7) is 4.79. The van der Waals surface area contributed by atoms with E-state index >= 15 is 0 Å². The zero-order valence-electron chi connectivity index (χ0n) is 12.9. The van der Waals surface area contributed by atoms with Crippen molar-refractivity contribution in [1.82, 2.24) is 9.80 Å². The second-order valence-electron chi connectivity index (χ2n) is 4.83. The van der Waals surface area contributed by atoms with Crippen LogP contribution in [0.15, 0.2) is 0 Å². The molecule has 1 heterocycles. The van der Waals surface area contributed by atoms with Crippen LogP contribution in [0.3, 0.4) is 0 Å². The van der Waals surface area contributed by atoms with Crippen LogP contribution < -0.4 is 5.73 Å². The third kappa shape index (κ3) is 5.24. The number of rotatable bonds is 7. The standard InChI is InChI=1S/C12H24N3O6P/c1-3-20-22(19,21-4-2)9-10(13)11(16)14-5-7-15(8-6-14)12(17)18/h10H,3-9,13H2,1-2H3,(H,17,18)/t10-/m1/s1. The molecular formula is C12H24N3O6P. The van der Waals surface area contributed by atoms with Crippen LogP contribution in [-0.4, -0.2) is 78.5 Å². The number of carbonyl (C=O) groups is 2. The Balaban J connectivity index is 2.58. The van der Waals surface area contributed by atoms with Gasteiger partial charge in [-0.2, -0.15) is 0 Å². The summed E-state index contributed by atoms with van der Waals surface area (Å²) >= 11 is 0. The van der Waals surface area contributed by atoms with Gasteiger partial charge in [-0.1, -0.05) is 0 Å². The highest BCUT2D eigenvalue weighted by Crippen LogP contribution is 2.48. The number of nitrogens with zero attached hydrogens (tertiary/aromatic N) is 2. The minimum absolute atomic E-state index is 0.188. The maximum atomic E-state index is 12.4. The van der Waals surface area contributed by atoms with Gasteiger partial charge in [-0.3, -0.25) is 9.36 Å². The molecule has 0 saturated carbocycles. The van der Waals surface area contributed by atoms with E-state index in [4.69, 9.17) is 19.9 Å². The van der Waals surface area contributed by atoms with Gasteiger partial charge in [0, 0.05) is 26.2 Å². The summed E-state index contributed by atoms with van der Waals surface area (Å²) in [5.41, 5.74) is 5.84. The first-order chi connectivity index (χ1) is 10.3. The molecule has 0 unspecified atom stereocenters. The molecule has 1 saturated heterocycles. The van der Waals surface area contributed by atoms with Crippen LogP contribution in [0.4, 0.5) is 4.79 Å². The number of amides is 2. The highest BCUT2D eigenvalue weighted by Gasteiger charge is 2.33. The lowest BCUT2D eigenvalue weighted by Gasteiger charge is -2.34. The van der Waals surface area contributed by atoms with Crippen molar-refractivity contribution in [3.63, 3.8) is 0 Å². The van der Waals surface area contributed by atoms with Crippen molar-refractivity contribution in [1.29, 1.82) is 0 Å². The molecule has 10 heteroatoms. The van der Waals surface area contributed by atoms with Gasteiger partial charge in [0.1, 0.15) is 0 Å². The minimum Gasteiger partial charge on any atom is -0.465 e. The Morgan fingerprint density at radius 2 is 1.59 bits per heavy atom. The van der Waals surface area contributed by atoms with Gasteiger partial charge in [0.2, 0.25) is 5.91 Å². The summed E-state index contributed by atoms with van der Waals surface area (Å²) in [5.74, 6) is -0.371. The zero-order chi connectivity index (χ0) is 16.8. The highest BCUT2D eigenvalue weighted by atomic mass is 31.2. The quantitative estimate of drug-likeness (QED) is 0.645. The zero-order valence-corrected chi connectivity index (χ0v) is 13.8. The van der Waals surface area contributed by atoms with E-state index in [1.807, 2.05) is 0 Å². The molecule has 9 nitrogen and oxygen atoms in total. The largest absolute Gasteiger partial charge is 0.465 e. The van der Waals surface area contributed by atoms with Gasteiger partial charge in [-0.15, -0.1) is 0 Å². The molecule has 1 aliphatic rings. The van der Waals surface area contributed by atoms with Crippen LogP contribution in [0.1, 0.15) is 13.8 Å². The van der Waals surface area contributed by atoms with Crippen molar-refractivity contribution in [3.05, 3.63) is 0 Å². The van der Waals surface area contributed by atoms with Crippen molar-refractivity contribution in [2.75, 3.05) is 45.6 Å². The van der Waals surface area contributed by atoms with E-state index in [0.29, 0.717) is 0 Å². The maximum absolute atomic E-state index is 12.4. The molecule has 0 aliphatic carbocycles. The van der Waals surface area contributed by atoms with Gasteiger partial charge in [-0.25, -0.2) is 4.79 Å². The molecule has 1 aliphatic heterocycles. The molecule has 0 spiro atoms. The van der Waals surface area contributed by atoms with Gasteiger partial charge in [0.05, 0.1) is 25.4 Å². The lowest BCUT2D eigenvalue weighted by atomic mass is 10.2. The molecule has 0 aromatic rings. The molecule has 3 N–H and O–H groups in total. The summed E-state index contributed by atoms with van der Waals surface area (Å²) in [4.78, 5) is 25.8. The Morgan fingerprint density at radius 3 is 2.00 bits per heavy atom. The highest BCUT2D eigenvalue weighted by molar-refractivity contribution is 7.53. The summed E-state index contributed by atoms with van der Waals surface area (Å²) in [6, 6.07) is -1.000. The predicted molar refractivity (Wildman–Crippen MR) is 79.9 cm³/mol. The summed E-state index contributed by atoms with van der Waals surface area (Å²) in [5, 5.41) is 8.87. The van der Waals surface area contributed by atoms with Crippen molar-refractivity contribution in [3.8, 4) is 0 Å². The van der Waals surface area contributed by atoms with Crippen molar-refractivity contribution >= 4 is 19.6 Å². The van der Waals surface area contributed by atoms with Crippen LogP contribution in [0.5, 0.6) is 0 Å². The van der Waals surface area contributed by atoms with Gasteiger partial charge in [0.15, 0.2) is 0 Å². The first-order valence-corrected chi connectivity index (χ1v) is 8.96. The Hall–Kier alpha value is -1.15. The van der Waals surface area contributed by atoms with Crippen LogP contribution in [0.25, 0.3) is 0 Å². The Morgan fingerprint density at radius 1 is 1.14 bits per heavy atom.